The Balaban J connectivity index is 2.30. The summed E-state index contributed by atoms with van der Waals surface area (Å²) in [5.74, 6) is 0.285. The molecule has 1 aliphatic rings. The van der Waals surface area contributed by atoms with Crippen molar-refractivity contribution in [3.8, 4) is 0 Å². The Bertz CT molecular complexity index is 363. The molecule has 0 fully saturated rings. The van der Waals surface area contributed by atoms with Gasteiger partial charge in [0.1, 0.15) is 5.82 Å². The molecule has 0 amide bonds. The number of likely N-dealkylation sites (N-methyl/N-ethyl adjacent to an activating group) is 1. The van der Waals surface area contributed by atoms with Gasteiger partial charge in [0.05, 0.1) is 0 Å². The fraction of sp³-hybridized carbons (Fsp3) is 0.500. The van der Waals surface area contributed by atoms with Gasteiger partial charge < -0.3 is 10.6 Å². The van der Waals surface area contributed by atoms with Crippen LogP contribution in [-0.4, -0.2) is 19.6 Å². The number of hydrogen-bond acceptors (Lipinski definition) is 2. The lowest BCUT2D eigenvalue weighted by atomic mass is 9.95. The molecule has 1 aromatic carbocycles. The zero-order valence-electron chi connectivity index (χ0n) is 9.20. The average molecular weight is 208 g/mol. The highest BCUT2D eigenvalue weighted by Crippen LogP contribution is 2.37. The van der Waals surface area contributed by atoms with Crippen LogP contribution in [0.5, 0.6) is 0 Å². The molecule has 0 saturated heterocycles. The van der Waals surface area contributed by atoms with E-state index in [0.717, 1.165) is 18.7 Å². The van der Waals surface area contributed by atoms with Crippen LogP contribution in [0, 0.1) is 5.82 Å². The lowest BCUT2D eigenvalue weighted by molar-refractivity contribution is 0.572. The molecule has 2 unspecified atom stereocenters. The van der Waals surface area contributed by atoms with Gasteiger partial charge in [-0.2, -0.15) is 0 Å². The smallest absolute Gasteiger partial charge is 0.125 e. The molecule has 2 rings (SSSR count). The van der Waals surface area contributed by atoms with Crippen LogP contribution in [0.4, 0.5) is 10.1 Å². The molecule has 0 bridgehead atoms. The first-order valence-corrected chi connectivity index (χ1v) is 5.34. The molecule has 1 aromatic rings. The Morgan fingerprint density at radius 3 is 3.00 bits per heavy atom. The molecule has 2 nitrogen and oxygen atoms in total. The van der Waals surface area contributed by atoms with Crippen molar-refractivity contribution in [2.75, 3.05) is 18.5 Å². The molecule has 2 N–H and O–H groups in total. The number of anilines is 1. The fourth-order valence-electron chi connectivity index (χ4n) is 2.37. The predicted molar refractivity (Wildman–Crippen MR) is 60.7 cm³/mol. The van der Waals surface area contributed by atoms with E-state index in [1.54, 1.807) is 6.07 Å². The van der Waals surface area contributed by atoms with Gasteiger partial charge in [-0.05, 0) is 31.0 Å². The predicted octanol–water partition coefficient (Wildman–Crippen LogP) is 2.10. The van der Waals surface area contributed by atoms with Crippen molar-refractivity contribution in [2.24, 2.45) is 5.73 Å². The molecular formula is C12H17FN2. The van der Waals surface area contributed by atoms with Crippen molar-refractivity contribution in [2.45, 2.75) is 25.3 Å². The Labute approximate surface area is 89.9 Å². The van der Waals surface area contributed by atoms with Crippen molar-refractivity contribution < 1.29 is 4.39 Å². The van der Waals surface area contributed by atoms with Gasteiger partial charge >= 0.3 is 0 Å². The minimum Gasteiger partial charge on any atom is -0.374 e. The summed E-state index contributed by atoms with van der Waals surface area (Å²) in [6, 6.07) is 5.23. The summed E-state index contributed by atoms with van der Waals surface area (Å²) in [6.07, 6.45) is 0.961. The Kier molecular flexibility index (Phi) is 2.65. The molecule has 0 aliphatic carbocycles. The van der Waals surface area contributed by atoms with Gasteiger partial charge in [-0.25, -0.2) is 4.39 Å². The Morgan fingerprint density at radius 2 is 2.33 bits per heavy atom. The summed E-state index contributed by atoms with van der Waals surface area (Å²) >= 11 is 0. The molecule has 0 aromatic heterocycles. The van der Waals surface area contributed by atoms with Crippen LogP contribution in [-0.2, 0) is 0 Å². The van der Waals surface area contributed by atoms with Crippen LogP contribution in [0.15, 0.2) is 18.2 Å². The lowest BCUT2D eigenvalue weighted by Gasteiger charge is -2.14. The van der Waals surface area contributed by atoms with Gasteiger partial charge in [0.2, 0.25) is 0 Å². The third-order valence-corrected chi connectivity index (χ3v) is 2.99. The molecule has 1 aliphatic heterocycles. The average Bonchev–Trinajstić information content (AvgIpc) is 2.42. The van der Waals surface area contributed by atoms with E-state index in [4.69, 9.17) is 5.73 Å². The van der Waals surface area contributed by atoms with Crippen molar-refractivity contribution in [3.05, 3.63) is 29.6 Å². The van der Waals surface area contributed by atoms with Crippen LogP contribution in [0.25, 0.3) is 0 Å². The summed E-state index contributed by atoms with van der Waals surface area (Å²) in [4.78, 5) is 2.10. The van der Waals surface area contributed by atoms with Gasteiger partial charge in [-0.3, -0.25) is 0 Å². The maximum Gasteiger partial charge on any atom is 0.125 e. The molecule has 0 radical (unpaired) electrons. The van der Waals surface area contributed by atoms with E-state index in [2.05, 4.69) is 4.90 Å². The van der Waals surface area contributed by atoms with E-state index < -0.39 is 0 Å². The van der Waals surface area contributed by atoms with E-state index >= 15 is 0 Å². The van der Waals surface area contributed by atoms with Gasteiger partial charge in [0.15, 0.2) is 0 Å². The molecule has 1 heterocycles. The summed E-state index contributed by atoms with van der Waals surface area (Å²) in [6.45, 7) is 2.96. The first-order chi connectivity index (χ1) is 7.08. The first-order valence-electron chi connectivity index (χ1n) is 5.34. The highest BCUT2D eigenvalue weighted by atomic mass is 19.1. The van der Waals surface area contributed by atoms with Crippen LogP contribution in [0.3, 0.4) is 0 Å². The second-order valence-corrected chi connectivity index (χ2v) is 4.49. The fourth-order valence-corrected chi connectivity index (χ4v) is 2.37. The van der Waals surface area contributed by atoms with Crippen molar-refractivity contribution in [1.29, 1.82) is 0 Å². The van der Waals surface area contributed by atoms with E-state index in [1.807, 2.05) is 20.0 Å². The number of nitrogens with two attached hydrogens (primary N) is 1. The molecular weight excluding hydrogens is 191 g/mol. The number of halogens is 1. The van der Waals surface area contributed by atoms with Crippen LogP contribution in [0.2, 0.25) is 0 Å². The number of benzene rings is 1. The van der Waals surface area contributed by atoms with Crippen molar-refractivity contribution in [1.82, 2.24) is 0 Å². The normalized spacial score (nSPS) is 21.6. The maximum absolute atomic E-state index is 13.1. The van der Waals surface area contributed by atoms with Crippen molar-refractivity contribution >= 4 is 5.69 Å². The zero-order valence-corrected chi connectivity index (χ0v) is 9.20. The Morgan fingerprint density at radius 1 is 1.60 bits per heavy atom. The topological polar surface area (TPSA) is 29.3 Å². The summed E-state index contributed by atoms with van der Waals surface area (Å²) in [7, 11) is 2.00. The number of rotatable bonds is 2. The zero-order chi connectivity index (χ0) is 11.0. The molecule has 0 saturated carbocycles. The first kappa shape index (κ1) is 10.4. The van der Waals surface area contributed by atoms with Crippen LogP contribution >= 0.6 is 0 Å². The van der Waals surface area contributed by atoms with Crippen molar-refractivity contribution in [3.63, 3.8) is 0 Å². The van der Waals surface area contributed by atoms with E-state index in [0.29, 0.717) is 5.92 Å². The third kappa shape index (κ3) is 1.97. The van der Waals surface area contributed by atoms with Crippen LogP contribution in [0.1, 0.15) is 24.8 Å². The van der Waals surface area contributed by atoms with E-state index in [1.165, 1.54) is 11.6 Å². The van der Waals surface area contributed by atoms with Gasteiger partial charge in [-0.1, -0.05) is 6.07 Å². The summed E-state index contributed by atoms with van der Waals surface area (Å²) < 4.78 is 13.1. The van der Waals surface area contributed by atoms with Gasteiger partial charge in [-0.15, -0.1) is 0 Å². The molecule has 0 spiro atoms. The molecule has 82 valence electrons. The van der Waals surface area contributed by atoms with E-state index in [-0.39, 0.29) is 11.9 Å². The quantitative estimate of drug-likeness (QED) is 0.806. The van der Waals surface area contributed by atoms with Gasteiger partial charge in [0.25, 0.3) is 0 Å². The second-order valence-electron chi connectivity index (χ2n) is 4.49. The monoisotopic (exact) mass is 208 g/mol. The van der Waals surface area contributed by atoms with E-state index in [9.17, 15) is 4.39 Å². The Hall–Kier alpha value is -1.09. The third-order valence-electron chi connectivity index (χ3n) is 2.99. The number of fused-ring (bicyclic) bond motifs is 1. The minimum absolute atomic E-state index is 0.165. The molecule has 15 heavy (non-hydrogen) atoms. The highest BCUT2D eigenvalue weighted by molar-refractivity contribution is 5.59. The lowest BCUT2D eigenvalue weighted by Crippen LogP contribution is -2.22. The highest BCUT2D eigenvalue weighted by Gasteiger charge is 2.27. The summed E-state index contributed by atoms with van der Waals surface area (Å²) in [5, 5.41) is 0. The maximum atomic E-state index is 13.1. The molecule has 2 atom stereocenters. The molecule has 3 heteroatoms. The van der Waals surface area contributed by atoms with Gasteiger partial charge in [0, 0.05) is 31.2 Å². The largest absolute Gasteiger partial charge is 0.374 e. The summed E-state index contributed by atoms with van der Waals surface area (Å²) in [5.41, 5.74) is 8.06. The van der Waals surface area contributed by atoms with Crippen LogP contribution < -0.4 is 10.6 Å². The minimum atomic E-state index is -0.165. The number of hydrogen-bond donors (Lipinski definition) is 1. The SMILES string of the molecule is CC(N)CC1CN(C)c2cc(F)ccc21. The second kappa shape index (κ2) is 3.81. The number of nitrogens with zero attached hydrogens (tertiary/aromatic N) is 1. The standard InChI is InChI=1S/C12H17FN2/c1-8(14)5-9-7-15(2)12-6-10(13)3-4-11(9)12/h3-4,6,8-9H,5,7,14H2,1-2H3.